The third-order valence-electron chi connectivity index (χ3n) is 5.40. The maximum Gasteiger partial charge on any atom is 0.416 e. The Morgan fingerprint density at radius 3 is 2.46 bits per heavy atom. The van der Waals surface area contributed by atoms with E-state index in [1.165, 1.54) is 40.2 Å². The number of aromatic nitrogens is 2. The molecule has 0 aliphatic heterocycles. The number of rotatable bonds is 9. The number of aliphatic carboxylic acids is 1. The quantitative estimate of drug-likeness (QED) is 0.302. The van der Waals surface area contributed by atoms with Crippen molar-refractivity contribution in [3.05, 3.63) is 83.6 Å². The number of anilines is 1. The minimum atomic E-state index is -3.99. The Hall–Kier alpha value is -3.87. The Balaban J connectivity index is 1.69. The first-order chi connectivity index (χ1) is 18.4. The molecule has 0 spiro atoms. The van der Waals surface area contributed by atoms with Crippen LogP contribution >= 0.6 is 11.3 Å². The van der Waals surface area contributed by atoms with Crippen LogP contribution in [-0.4, -0.2) is 52.0 Å². The number of fused-ring (bicyclic) bond motifs is 1. The molecular weight excluding hydrogens is 540 g/mol. The highest BCUT2D eigenvalue weighted by atomic mass is 32.2. The van der Waals surface area contributed by atoms with Gasteiger partial charge in [-0.05, 0) is 62.6 Å². The first-order valence-electron chi connectivity index (χ1n) is 12.0. The highest BCUT2D eigenvalue weighted by Crippen LogP contribution is 2.29. The maximum absolute atomic E-state index is 13.7. The van der Waals surface area contributed by atoms with Gasteiger partial charge in [-0.15, -0.1) is 11.3 Å². The van der Waals surface area contributed by atoms with E-state index in [-0.39, 0.29) is 23.8 Å². The monoisotopic (exact) mass is 568 g/mol. The summed E-state index contributed by atoms with van der Waals surface area (Å²) in [5.41, 5.74) is -0.537. The van der Waals surface area contributed by atoms with Gasteiger partial charge in [0.15, 0.2) is 0 Å². The molecule has 0 atom stereocenters. The average Bonchev–Trinajstić information content (AvgIpc) is 3.29. The Kier molecular flexibility index (Phi) is 8.28. The van der Waals surface area contributed by atoms with Crippen molar-refractivity contribution in [3.8, 4) is 0 Å². The van der Waals surface area contributed by atoms with Crippen LogP contribution in [0, 0.1) is 0 Å². The van der Waals surface area contributed by atoms with Crippen LogP contribution in [-0.2, 0) is 32.6 Å². The van der Waals surface area contributed by atoms with Crippen LogP contribution in [0.25, 0.3) is 10.1 Å². The van der Waals surface area contributed by atoms with Crippen LogP contribution in [0.15, 0.2) is 78.0 Å². The van der Waals surface area contributed by atoms with Crippen molar-refractivity contribution in [2.45, 2.75) is 44.4 Å². The Morgan fingerprint density at radius 1 is 1.03 bits per heavy atom. The third kappa shape index (κ3) is 7.16. The Labute approximate surface area is 230 Å². The molecule has 0 aliphatic carbocycles. The van der Waals surface area contributed by atoms with Gasteiger partial charge < -0.3 is 9.84 Å². The topological polar surface area (TPSA) is 130 Å². The van der Waals surface area contributed by atoms with E-state index in [1.807, 2.05) is 30.3 Å². The van der Waals surface area contributed by atoms with Crippen molar-refractivity contribution in [1.29, 1.82) is 0 Å². The van der Waals surface area contributed by atoms with Gasteiger partial charge in [-0.3, -0.25) is 14.7 Å². The van der Waals surface area contributed by atoms with Crippen LogP contribution in [0.2, 0.25) is 0 Å². The molecule has 0 radical (unpaired) electrons. The van der Waals surface area contributed by atoms with Crippen LogP contribution in [0.4, 0.5) is 10.6 Å². The van der Waals surface area contributed by atoms with Gasteiger partial charge in [0, 0.05) is 28.5 Å². The molecule has 0 unspecified atom stereocenters. The summed E-state index contributed by atoms with van der Waals surface area (Å²) in [5, 5.41) is 10.4. The lowest BCUT2D eigenvalue weighted by Crippen LogP contribution is -2.40. The van der Waals surface area contributed by atoms with E-state index in [0.717, 1.165) is 19.9 Å². The van der Waals surface area contributed by atoms with Crippen molar-refractivity contribution in [1.82, 2.24) is 14.3 Å². The molecule has 10 nitrogen and oxygen atoms in total. The standard InChI is InChI=1S/C27H28N4O6S2/c1-27(2,3)37-26(34)31(18-25(32)33)24-12-6-9-20(29-24)16-30(39(35,36)22-10-7-13-28-15-22)17-21-14-19-8-4-5-11-23(19)38-21/h4-15H,16-18H2,1-3H3,(H,32,33). The molecular formula is C27H28N4O6S2. The number of carbonyl (C=O) groups is 2. The van der Waals surface area contributed by atoms with E-state index in [9.17, 15) is 23.1 Å². The molecule has 0 saturated heterocycles. The molecule has 0 fully saturated rings. The van der Waals surface area contributed by atoms with Gasteiger partial charge in [-0.25, -0.2) is 18.2 Å². The molecule has 4 aromatic rings. The van der Waals surface area contributed by atoms with Crippen molar-refractivity contribution in [2.75, 3.05) is 11.4 Å². The second kappa shape index (κ2) is 11.5. The number of hydrogen-bond acceptors (Lipinski definition) is 8. The van der Waals surface area contributed by atoms with Crippen LogP contribution < -0.4 is 4.90 Å². The summed E-state index contributed by atoms with van der Waals surface area (Å²) in [7, 11) is -3.99. The summed E-state index contributed by atoms with van der Waals surface area (Å²) in [6.07, 6.45) is 1.90. The number of carboxylic acids is 1. The van der Waals surface area contributed by atoms with Gasteiger partial charge in [0.05, 0.1) is 12.2 Å². The van der Waals surface area contributed by atoms with Crippen molar-refractivity contribution >= 4 is 49.3 Å². The first-order valence-corrected chi connectivity index (χ1v) is 14.2. The first kappa shape index (κ1) is 28.1. The lowest BCUT2D eigenvalue weighted by atomic mass is 10.2. The highest BCUT2D eigenvalue weighted by Gasteiger charge is 2.29. The van der Waals surface area contributed by atoms with Crippen molar-refractivity contribution in [3.63, 3.8) is 0 Å². The van der Waals surface area contributed by atoms with Gasteiger partial charge in [-0.1, -0.05) is 24.3 Å². The summed E-state index contributed by atoms with van der Waals surface area (Å²) in [6, 6.07) is 17.4. The van der Waals surface area contributed by atoms with Crippen molar-refractivity contribution < 1.29 is 27.9 Å². The normalized spacial score (nSPS) is 12.0. The zero-order valence-corrected chi connectivity index (χ0v) is 23.3. The van der Waals surface area contributed by atoms with Crippen LogP contribution in [0.5, 0.6) is 0 Å². The predicted molar refractivity (Wildman–Crippen MR) is 148 cm³/mol. The molecule has 1 aromatic carbocycles. The van der Waals surface area contributed by atoms with Crippen molar-refractivity contribution in [2.24, 2.45) is 0 Å². The fraction of sp³-hybridized carbons (Fsp3) is 0.259. The number of carboxylic acid groups (broad SMARTS) is 1. The molecule has 1 N–H and O–H groups in total. The Morgan fingerprint density at radius 2 is 1.79 bits per heavy atom. The van der Waals surface area contributed by atoms with E-state index in [2.05, 4.69) is 9.97 Å². The van der Waals surface area contributed by atoms with Gasteiger partial charge in [0.1, 0.15) is 22.9 Å². The van der Waals surface area contributed by atoms with Gasteiger partial charge in [0.25, 0.3) is 0 Å². The summed E-state index contributed by atoms with van der Waals surface area (Å²) in [5.74, 6) is -1.22. The summed E-state index contributed by atoms with van der Waals surface area (Å²) < 4.78 is 35.1. The molecule has 4 rings (SSSR count). The number of thiophene rings is 1. The molecule has 3 aromatic heterocycles. The number of nitrogens with zero attached hydrogens (tertiary/aromatic N) is 4. The van der Waals surface area contributed by atoms with Crippen LogP contribution in [0.1, 0.15) is 31.3 Å². The minimum absolute atomic E-state index is 0.0310. The lowest BCUT2D eigenvalue weighted by Gasteiger charge is -2.26. The number of benzene rings is 1. The fourth-order valence-electron chi connectivity index (χ4n) is 3.74. The summed E-state index contributed by atoms with van der Waals surface area (Å²) in [6.45, 7) is 4.28. The number of carbonyl (C=O) groups excluding carboxylic acids is 1. The SMILES string of the molecule is CC(C)(C)OC(=O)N(CC(=O)O)c1cccc(CN(Cc2cc3ccccc3s2)S(=O)(=O)c2cccnc2)n1. The zero-order valence-electron chi connectivity index (χ0n) is 21.6. The number of amides is 1. The lowest BCUT2D eigenvalue weighted by molar-refractivity contribution is -0.135. The zero-order chi connectivity index (χ0) is 28.2. The van der Waals surface area contributed by atoms with Crippen LogP contribution in [0.3, 0.4) is 0 Å². The third-order valence-corrected chi connectivity index (χ3v) is 8.27. The minimum Gasteiger partial charge on any atom is -0.480 e. The largest absolute Gasteiger partial charge is 0.480 e. The second-order valence-corrected chi connectivity index (χ2v) is 12.8. The Bertz CT molecular complexity index is 1550. The molecule has 12 heteroatoms. The second-order valence-electron chi connectivity index (χ2n) is 9.66. The highest BCUT2D eigenvalue weighted by molar-refractivity contribution is 7.89. The smallest absolute Gasteiger partial charge is 0.416 e. The van der Waals surface area contributed by atoms with E-state index in [0.29, 0.717) is 5.69 Å². The average molecular weight is 569 g/mol. The molecule has 1 amide bonds. The van der Waals surface area contributed by atoms with Gasteiger partial charge >= 0.3 is 12.1 Å². The molecule has 0 saturated carbocycles. The molecule has 0 bridgehead atoms. The summed E-state index contributed by atoms with van der Waals surface area (Å²) in [4.78, 5) is 34.5. The molecule has 204 valence electrons. The molecule has 0 aliphatic rings. The van der Waals surface area contributed by atoms with E-state index in [4.69, 9.17) is 4.74 Å². The van der Waals surface area contributed by atoms with Gasteiger partial charge in [-0.2, -0.15) is 4.31 Å². The number of hydrogen-bond donors (Lipinski definition) is 1. The summed E-state index contributed by atoms with van der Waals surface area (Å²) >= 11 is 1.49. The van der Waals surface area contributed by atoms with E-state index < -0.39 is 34.2 Å². The van der Waals surface area contributed by atoms with E-state index in [1.54, 1.807) is 39.0 Å². The van der Waals surface area contributed by atoms with Gasteiger partial charge in [0.2, 0.25) is 10.0 Å². The maximum atomic E-state index is 13.7. The fourth-order valence-corrected chi connectivity index (χ4v) is 6.26. The number of ether oxygens (including phenoxy) is 1. The van der Waals surface area contributed by atoms with E-state index >= 15 is 0 Å². The molecule has 3 heterocycles. The number of pyridine rings is 2. The number of sulfonamides is 1. The molecule has 39 heavy (non-hydrogen) atoms. The predicted octanol–water partition coefficient (Wildman–Crippen LogP) is 4.91.